The summed E-state index contributed by atoms with van der Waals surface area (Å²) in [6.45, 7) is 0. The summed E-state index contributed by atoms with van der Waals surface area (Å²) in [5.41, 5.74) is 2.73. The van der Waals surface area contributed by atoms with Crippen molar-refractivity contribution in [3.05, 3.63) is 29.8 Å². The molecule has 3 heteroatoms. The molecule has 0 fully saturated rings. The summed E-state index contributed by atoms with van der Waals surface area (Å²) in [7, 11) is 1.45. The van der Waals surface area contributed by atoms with Gasteiger partial charge in [0, 0.05) is 18.2 Å². The summed E-state index contributed by atoms with van der Waals surface area (Å²) in [5, 5.41) is 3.62. The van der Waals surface area contributed by atoms with E-state index in [0.717, 1.165) is 12.8 Å². The Morgan fingerprint density at radius 2 is 2.16 bits per heavy atom. The molecule has 0 saturated heterocycles. The zero-order valence-electron chi connectivity index (χ0n) is 11.7. The Morgan fingerprint density at radius 1 is 1.32 bits per heavy atom. The van der Waals surface area contributed by atoms with E-state index in [-0.39, 0.29) is 5.97 Å². The number of aryl methyl sites for hydroxylation is 1. The number of hydrogen-bond donors (Lipinski definition) is 1. The van der Waals surface area contributed by atoms with E-state index in [1.807, 2.05) is 0 Å². The van der Waals surface area contributed by atoms with Crippen LogP contribution in [0.4, 0.5) is 5.69 Å². The van der Waals surface area contributed by atoms with Crippen LogP contribution in [-0.2, 0) is 16.0 Å². The number of unbranched alkanes of at least 4 members (excludes halogenated alkanes) is 2. The minimum absolute atomic E-state index is 0.0929. The summed E-state index contributed by atoms with van der Waals surface area (Å²) < 4.78 is 4.63. The molecular weight excluding hydrogens is 238 g/mol. The average Bonchev–Trinajstić information content (AvgIpc) is 2.46. The highest BCUT2D eigenvalue weighted by atomic mass is 16.5. The third-order valence-corrected chi connectivity index (χ3v) is 3.80. The Kier molecular flexibility index (Phi) is 5.25. The van der Waals surface area contributed by atoms with Crippen LogP contribution in [0.5, 0.6) is 0 Å². The molecule has 3 nitrogen and oxygen atoms in total. The molecule has 2 rings (SSSR count). The minimum Gasteiger partial charge on any atom is -0.469 e. The van der Waals surface area contributed by atoms with Gasteiger partial charge in [-0.1, -0.05) is 31.0 Å². The van der Waals surface area contributed by atoms with E-state index in [1.165, 1.54) is 44.0 Å². The van der Waals surface area contributed by atoms with Crippen molar-refractivity contribution >= 4 is 11.7 Å². The highest BCUT2D eigenvalue weighted by Crippen LogP contribution is 2.26. The van der Waals surface area contributed by atoms with Gasteiger partial charge >= 0.3 is 5.97 Å². The Hall–Kier alpha value is -1.51. The molecule has 1 unspecified atom stereocenters. The highest BCUT2D eigenvalue weighted by molar-refractivity contribution is 5.68. The third-order valence-electron chi connectivity index (χ3n) is 3.80. The van der Waals surface area contributed by atoms with E-state index in [2.05, 4.69) is 34.3 Å². The number of rotatable bonds is 6. The highest BCUT2D eigenvalue weighted by Gasteiger charge is 2.16. The number of benzene rings is 1. The molecule has 1 aromatic carbocycles. The van der Waals surface area contributed by atoms with Crippen molar-refractivity contribution in [3.63, 3.8) is 0 Å². The van der Waals surface area contributed by atoms with E-state index >= 15 is 0 Å². The van der Waals surface area contributed by atoms with Crippen LogP contribution < -0.4 is 5.32 Å². The Morgan fingerprint density at radius 3 is 3.00 bits per heavy atom. The van der Waals surface area contributed by atoms with Crippen molar-refractivity contribution in [2.24, 2.45) is 0 Å². The number of hydrogen-bond acceptors (Lipinski definition) is 3. The van der Waals surface area contributed by atoms with Gasteiger partial charge in [-0.25, -0.2) is 0 Å². The molecule has 0 saturated carbocycles. The first-order valence-electron chi connectivity index (χ1n) is 7.21. The van der Waals surface area contributed by atoms with Gasteiger partial charge in [-0.2, -0.15) is 0 Å². The molecule has 1 aromatic rings. The minimum atomic E-state index is -0.0929. The van der Waals surface area contributed by atoms with Crippen LogP contribution in [0.2, 0.25) is 0 Å². The van der Waals surface area contributed by atoms with E-state index in [1.54, 1.807) is 0 Å². The Labute approximate surface area is 115 Å². The van der Waals surface area contributed by atoms with Gasteiger partial charge in [0.15, 0.2) is 0 Å². The van der Waals surface area contributed by atoms with Crippen LogP contribution >= 0.6 is 0 Å². The Bertz CT molecular complexity index is 417. The second-order valence-corrected chi connectivity index (χ2v) is 5.21. The quantitative estimate of drug-likeness (QED) is 0.629. The fraction of sp³-hybridized carbons (Fsp3) is 0.562. The summed E-state index contributed by atoms with van der Waals surface area (Å²) in [6, 6.07) is 9.15. The molecule has 0 aromatic heterocycles. The number of nitrogens with one attached hydrogen (secondary N) is 1. The summed E-state index contributed by atoms with van der Waals surface area (Å²) in [4.78, 5) is 11.0. The number of anilines is 1. The van der Waals surface area contributed by atoms with Crippen LogP contribution in [0.15, 0.2) is 24.3 Å². The number of carbonyl (C=O) groups excluding carboxylic acids is 1. The van der Waals surface area contributed by atoms with E-state index in [4.69, 9.17) is 0 Å². The molecule has 0 spiro atoms. The molecule has 1 N–H and O–H groups in total. The normalized spacial score (nSPS) is 17.4. The molecule has 0 bridgehead atoms. The lowest BCUT2D eigenvalue weighted by Gasteiger charge is -2.27. The standard InChI is InChI=1S/C16H23NO2/c1-19-16(18)10-4-2-3-8-14-12-11-13-7-5-6-9-15(13)17-14/h5-7,9,14,17H,2-4,8,10-12H2,1H3. The molecule has 19 heavy (non-hydrogen) atoms. The second-order valence-electron chi connectivity index (χ2n) is 5.21. The molecule has 0 aliphatic carbocycles. The predicted octanol–water partition coefficient (Wildman–Crippen LogP) is 3.54. The zero-order valence-corrected chi connectivity index (χ0v) is 11.7. The predicted molar refractivity (Wildman–Crippen MR) is 77.3 cm³/mol. The van der Waals surface area contributed by atoms with Crippen molar-refractivity contribution in [3.8, 4) is 0 Å². The molecule has 104 valence electrons. The lowest BCUT2D eigenvalue weighted by atomic mass is 9.94. The van der Waals surface area contributed by atoms with E-state index in [9.17, 15) is 4.79 Å². The Balaban J connectivity index is 1.64. The molecule has 0 amide bonds. The number of ether oxygens (including phenoxy) is 1. The monoisotopic (exact) mass is 261 g/mol. The SMILES string of the molecule is COC(=O)CCCCCC1CCc2ccccc2N1. The first-order valence-corrected chi connectivity index (χ1v) is 7.21. The van der Waals surface area contributed by atoms with Crippen LogP contribution in [-0.4, -0.2) is 19.1 Å². The maximum absolute atomic E-state index is 11.0. The summed E-state index contributed by atoms with van der Waals surface area (Å²) in [5.74, 6) is -0.0929. The van der Waals surface area contributed by atoms with Gasteiger partial charge in [0.05, 0.1) is 7.11 Å². The van der Waals surface area contributed by atoms with Gasteiger partial charge in [0.2, 0.25) is 0 Å². The fourth-order valence-electron chi connectivity index (χ4n) is 2.66. The molecule has 0 radical (unpaired) electrons. The topological polar surface area (TPSA) is 38.3 Å². The van der Waals surface area contributed by atoms with Crippen LogP contribution in [0, 0.1) is 0 Å². The lowest BCUT2D eigenvalue weighted by molar-refractivity contribution is -0.140. The second kappa shape index (κ2) is 7.17. The zero-order chi connectivity index (χ0) is 13.5. The van der Waals surface area contributed by atoms with Crippen molar-refractivity contribution in [1.82, 2.24) is 0 Å². The number of fused-ring (bicyclic) bond motifs is 1. The van der Waals surface area contributed by atoms with Crippen LogP contribution in [0.25, 0.3) is 0 Å². The number of carbonyl (C=O) groups is 1. The van der Waals surface area contributed by atoms with Crippen molar-refractivity contribution in [2.45, 2.75) is 51.0 Å². The van der Waals surface area contributed by atoms with Crippen LogP contribution in [0.1, 0.15) is 44.1 Å². The van der Waals surface area contributed by atoms with Gasteiger partial charge in [-0.05, 0) is 37.3 Å². The largest absolute Gasteiger partial charge is 0.469 e. The van der Waals surface area contributed by atoms with E-state index in [0.29, 0.717) is 12.5 Å². The summed E-state index contributed by atoms with van der Waals surface area (Å²) in [6.07, 6.45) is 7.36. The first-order chi connectivity index (χ1) is 9.29. The number of para-hydroxylation sites is 1. The molecule has 1 atom stereocenters. The number of methoxy groups -OCH3 is 1. The van der Waals surface area contributed by atoms with Gasteiger partial charge in [-0.15, -0.1) is 0 Å². The fourth-order valence-corrected chi connectivity index (χ4v) is 2.66. The number of esters is 1. The average molecular weight is 261 g/mol. The van der Waals surface area contributed by atoms with Gasteiger partial charge in [0.25, 0.3) is 0 Å². The van der Waals surface area contributed by atoms with Crippen molar-refractivity contribution in [1.29, 1.82) is 0 Å². The molecular formula is C16H23NO2. The smallest absolute Gasteiger partial charge is 0.305 e. The first kappa shape index (κ1) is 13.9. The van der Waals surface area contributed by atoms with Crippen molar-refractivity contribution < 1.29 is 9.53 Å². The lowest BCUT2D eigenvalue weighted by Crippen LogP contribution is -2.25. The van der Waals surface area contributed by atoms with Gasteiger partial charge in [0.1, 0.15) is 0 Å². The van der Waals surface area contributed by atoms with Crippen LogP contribution in [0.3, 0.4) is 0 Å². The van der Waals surface area contributed by atoms with Gasteiger partial charge in [-0.3, -0.25) is 4.79 Å². The third kappa shape index (κ3) is 4.27. The van der Waals surface area contributed by atoms with E-state index < -0.39 is 0 Å². The maximum atomic E-state index is 11.0. The van der Waals surface area contributed by atoms with Gasteiger partial charge < -0.3 is 10.1 Å². The maximum Gasteiger partial charge on any atom is 0.305 e. The molecule has 1 aliphatic rings. The molecule has 1 heterocycles. The summed E-state index contributed by atoms with van der Waals surface area (Å²) >= 11 is 0. The van der Waals surface area contributed by atoms with Crippen molar-refractivity contribution in [2.75, 3.05) is 12.4 Å². The molecule has 1 aliphatic heterocycles.